The van der Waals surface area contributed by atoms with E-state index in [4.69, 9.17) is 5.73 Å². The lowest BCUT2D eigenvalue weighted by Crippen LogP contribution is -2.45. The Kier molecular flexibility index (Phi) is 3.05. The van der Waals surface area contributed by atoms with Gasteiger partial charge in [-0.3, -0.25) is 0 Å². The second-order valence-electron chi connectivity index (χ2n) is 3.93. The van der Waals surface area contributed by atoms with Crippen LogP contribution in [0.25, 0.3) is 0 Å². The minimum absolute atomic E-state index is 0.526. The van der Waals surface area contributed by atoms with Crippen molar-refractivity contribution in [3.63, 3.8) is 0 Å². The fraction of sp³-hybridized carbons (Fsp3) is 0.545. The first-order valence-corrected chi connectivity index (χ1v) is 6.34. The van der Waals surface area contributed by atoms with Crippen molar-refractivity contribution in [1.82, 2.24) is 4.98 Å². The van der Waals surface area contributed by atoms with E-state index in [9.17, 15) is 0 Å². The third-order valence-corrected chi connectivity index (χ3v) is 4.27. The molecule has 0 amide bonds. The van der Waals surface area contributed by atoms with Gasteiger partial charge in [-0.1, -0.05) is 13.0 Å². The molecule has 1 aliphatic rings. The second kappa shape index (κ2) is 4.31. The summed E-state index contributed by atoms with van der Waals surface area (Å²) in [6, 6.07) is 6.36. The summed E-state index contributed by atoms with van der Waals surface area (Å²) in [5.74, 6) is 2.78. The van der Waals surface area contributed by atoms with Crippen LogP contribution >= 0.6 is 11.8 Å². The highest BCUT2D eigenvalue weighted by molar-refractivity contribution is 8.00. The Morgan fingerprint density at radius 3 is 3.00 bits per heavy atom. The minimum Gasteiger partial charge on any atom is -0.384 e. The minimum atomic E-state index is 0.526. The van der Waals surface area contributed by atoms with Crippen molar-refractivity contribution in [3.8, 4) is 0 Å². The molecule has 2 N–H and O–H groups in total. The van der Waals surface area contributed by atoms with Gasteiger partial charge in [0.25, 0.3) is 0 Å². The summed E-state index contributed by atoms with van der Waals surface area (Å²) in [6.45, 7) is 5.59. The number of aromatic nitrogens is 1. The Balaban J connectivity index is 2.22. The maximum atomic E-state index is 5.70. The molecular formula is C11H17N3S. The smallest absolute Gasteiger partial charge is 0.131 e. The van der Waals surface area contributed by atoms with E-state index in [-0.39, 0.29) is 0 Å². The fourth-order valence-electron chi connectivity index (χ4n) is 1.86. The first-order valence-electron chi connectivity index (χ1n) is 5.29. The van der Waals surface area contributed by atoms with Crippen molar-refractivity contribution in [2.24, 2.45) is 0 Å². The Labute approximate surface area is 95.1 Å². The molecule has 2 atom stereocenters. The number of nitrogen functional groups attached to an aromatic ring is 1. The van der Waals surface area contributed by atoms with Crippen LogP contribution in [0.15, 0.2) is 18.2 Å². The van der Waals surface area contributed by atoms with Crippen LogP contribution in [0.5, 0.6) is 0 Å². The van der Waals surface area contributed by atoms with E-state index in [0.717, 1.165) is 12.4 Å². The zero-order valence-electron chi connectivity index (χ0n) is 9.18. The SMILES string of the molecule is CC1SCCN(c2cccc(N)n2)C1C. The Hall–Kier alpha value is -0.900. The number of nitrogens with two attached hydrogens (primary N) is 1. The summed E-state index contributed by atoms with van der Waals surface area (Å²) < 4.78 is 0. The van der Waals surface area contributed by atoms with Crippen molar-refractivity contribution in [3.05, 3.63) is 18.2 Å². The lowest BCUT2D eigenvalue weighted by Gasteiger charge is -2.38. The van der Waals surface area contributed by atoms with E-state index in [2.05, 4.69) is 23.7 Å². The number of hydrogen-bond acceptors (Lipinski definition) is 4. The van der Waals surface area contributed by atoms with Gasteiger partial charge in [-0.25, -0.2) is 4.98 Å². The highest BCUT2D eigenvalue weighted by atomic mass is 32.2. The number of hydrogen-bond donors (Lipinski definition) is 1. The first kappa shape index (κ1) is 10.6. The van der Waals surface area contributed by atoms with Gasteiger partial charge in [-0.15, -0.1) is 0 Å². The van der Waals surface area contributed by atoms with Crippen molar-refractivity contribution in [2.75, 3.05) is 22.9 Å². The van der Waals surface area contributed by atoms with Crippen LogP contribution in [0.1, 0.15) is 13.8 Å². The van der Waals surface area contributed by atoms with E-state index in [1.165, 1.54) is 5.75 Å². The van der Waals surface area contributed by atoms with E-state index in [0.29, 0.717) is 17.1 Å². The number of pyridine rings is 1. The standard InChI is InChI=1S/C11H17N3S/c1-8-9(2)15-7-6-14(8)11-5-3-4-10(12)13-11/h3-5,8-9H,6-7H2,1-2H3,(H2,12,13). The Morgan fingerprint density at radius 2 is 2.27 bits per heavy atom. The highest BCUT2D eigenvalue weighted by Crippen LogP contribution is 2.27. The first-order chi connectivity index (χ1) is 7.18. The van der Waals surface area contributed by atoms with E-state index < -0.39 is 0 Å². The number of thioether (sulfide) groups is 1. The average molecular weight is 223 g/mol. The molecule has 1 aromatic rings. The maximum absolute atomic E-state index is 5.70. The van der Waals surface area contributed by atoms with Crippen molar-refractivity contribution < 1.29 is 0 Å². The van der Waals surface area contributed by atoms with E-state index in [1.54, 1.807) is 0 Å². The molecule has 0 aromatic carbocycles. The van der Waals surface area contributed by atoms with Gasteiger partial charge in [-0.2, -0.15) is 11.8 Å². The van der Waals surface area contributed by atoms with Crippen LogP contribution in [0.4, 0.5) is 11.6 Å². The third kappa shape index (κ3) is 2.20. The van der Waals surface area contributed by atoms with Gasteiger partial charge in [0.1, 0.15) is 11.6 Å². The van der Waals surface area contributed by atoms with Gasteiger partial charge in [0.05, 0.1) is 0 Å². The average Bonchev–Trinajstić information content (AvgIpc) is 2.22. The van der Waals surface area contributed by atoms with Crippen LogP contribution in [-0.2, 0) is 0 Å². The van der Waals surface area contributed by atoms with Crippen LogP contribution in [0.2, 0.25) is 0 Å². The molecular weight excluding hydrogens is 206 g/mol. The lowest BCUT2D eigenvalue weighted by atomic mass is 10.2. The molecule has 1 saturated heterocycles. The normalized spacial score (nSPS) is 26.7. The lowest BCUT2D eigenvalue weighted by molar-refractivity contribution is 0.621. The van der Waals surface area contributed by atoms with Crippen molar-refractivity contribution >= 4 is 23.4 Å². The largest absolute Gasteiger partial charge is 0.384 e. The number of nitrogens with zero attached hydrogens (tertiary/aromatic N) is 2. The van der Waals surface area contributed by atoms with Gasteiger partial charge in [-0.05, 0) is 19.1 Å². The zero-order chi connectivity index (χ0) is 10.8. The van der Waals surface area contributed by atoms with Gasteiger partial charge in [0.2, 0.25) is 0 Å². The molecule has 0 saturated carbocycles. The zero-order valence-corrected chi connectivity index (χ0v) is 10.00. The molecule has 3 nitrogen and oxygen atoms in total. The van der Waals surface area contributed by atoms with Crippen LogP contribution in [0.3, 0.4) is 0 Å². The van der Waals surface area contributed by atoms with Gasteiger partial charge < -0.3 is 10.6 Å². The van der Waals surface area contributed by atoms with Crippen LogP contribution in [-0.4, -0.2) is 28.6 Å². The molecule has 15 heavy (non-hydrogen) atoms. The summed E-state index contributed by atoms with van der Waals surface area (Å²) in [5, 5.41) is 0.655. The predicted molar refractivity (Wildman–Crippen MR) is 67.4 cm³/mol. The maximum Gasteiger partial charge on any atom is 0.131 e. The third-order valence-electron chi connectivity index (χ3n) is 2.93. The molecule has 0 aliphatic carbocycles. The van der Waals surface area contributed by atoms with Crippen LogP contribution in [0, 0.1) is 0 Å². The molecule has 4 heteroatoms. The van der Waals surface area contributed by atoms with Gasteiger partial charge >= 0.3 is 0 Å². The highest BCUT2D eigenvalue weighted by Gasteiger charge is 2.25. The Morgan fingerprint density at radius 1 is 1.47 bits per heavy atom. The topological polar surface area (TPSA) is 42.1 Å². The molecule has 2 rings (SSSR count). The quantitative estimate of drug-likeness (QED) is 0.790. The second-order valence-corrected chi connectivity index (χ2v) is 5.42. The monoisotopic (exact) mass is 223 g/mol. The molecule has 0 spiro atoms. The molecule has 2 unspecified atom stereocenters. The molecule has 82 valence electrons. The summed E-state index contributed by atoms with van der Waals surface area (Å²) in [5.41, 5.74) is 5.70. The molecule has 2 heterocycles. The molecule has 0 bridgehead atoms. The molecule has 0 radical (unpaired) electrons. The summed E-state index contributed by atoms with van der Waals surface area (Å²) in [4.78, 5) is 6.72. The van der Waals surface area contributed by atoms with Gasteiger partial charge in [0, 0.05) is 23.6 Å². The molecule has 1 aromatic heterocycles. The van der Waals surface area contributed by atoms with Crippen molar-refractivity contribution in [2.45, 2.75) is 25.1 Å². The summed E-state index contributed by atoms with van der Waals surface area (Å²) in [6.07, 6.45) is 0. The summed E-state index contributed by atoms with van der Waals surface area (Å²) >= 11 is 2.03. The Bertz CT molecular complexity index is 342. The number of anilines is 2. The van der Waals surface area contributed by atoms with E-state index in [1.807, 2.05) is 30.0 Å². The number of rotatable bonds is 1. The summed E-state index contributed by atoms with van der Waals surface area (Å²) in [7, 11) is 0. The fourth-order valence-corrected chi connectivity index (χ4v) is 2.96. The molecule has 1 aliphatic heterocycles. The predicted octanol–water partition coefficient (Wildman–Crippen LogP) is 1.99. The van der Waals surface area contributed by atoms with Crippen LogP contribution < -0.4 is 10.6 Å². The van der Waals surface area contributed by atoms with E-state index >= 15 is 0 Å². The van der Waals surface area contributed by atoms with Crippen molar-refractivity contribution in [1.29, 1.82) is 0 Å². The molecule has 1 fully saturated rings. The van der Waals surface area contributed by atoms with Gasteiger partial charge in [0.15, 0.2) is 0 Å².